The van der Waals surface area contributed by atoms with Crippen molar-refractivity contribution in [3.05, 3.63) is 63.4 Å². The van der Waals surface area contributed by atoms with Crippen molar-refractivity contribution in [1.82, 2.24) is 18.0 Å². The first-order valence-electron chi connectivity index (χ1n) is 9.76. The Morgan fingerprint density at radius 2 is 1.97 bits per heavy atom. The third kappa shape index (κ3) is 4.11. The van der Waals surface area contributed by atoms with Gasteiger partial charge in [0.2, 0.25) is 10.0 Å². The van der Waals surface area contributed by atoms with E-state index < -0.39 is 10.0 Å². The van der Waals surface area contributed by atoms with Crippen LogP contribution in [-0.2, 0) is 16.6 Å². The molecule has 4 rings (SSSR count). The summed E-state index contributed by atoms with van der Waals surface area (Å²) in [4.78, 5) is 15.7. The van der Waals surface area contributed by atoms with Crippen LogP contribution in [0.2, 0.25) is 0 Å². The normalized spacial score (nSPS) is 12.3. The highest BCUT2D eigenvalue weighted by molar-refractivity contribution is 7.89. The maximum absolute atomic E-state index is 13.5. The lowest BCUT2D eigenvalue weighted by atomic mass is 10.0. The number of rotatable bonds is 7. The van der Waals surface area contributed by atoms with Crippen molar-refractivity contribution in [2.75, 3.05) is 13.2 Å². The van der Waals surface area contributed by atoms with Crippen LogP contribution in [0.25, 0.3) is 21.9 Å². The number of aliphatic hydroxyl groups is 1. The lowest BCUT2D eigenvalue weighted by Gasteiger charge is -2.22. The monoisotopic (exact) mass is 458 g/mol. The predicted molar refractivity (Wildman–Crippen MR) is 121 cm³/mol. The van der Waals surface area contributed by atoms with E-state index in [1.165, 1.54) is 10.4 Å². The van der Waals surface area contributed by atoms with Gasteiger partial charge in [-0.3, -0.25) is 4.79 Å². The number of H-pyrrole nitrogens is 1. The zero-order valence-corrected chi connectivity index (χ0v) is 18.8. The molecule has 2 heterocycles. The average molecular weight is 459 g/mol. The van der Waals surface area contributed by atoms with Crippen LogP contribution >= 0.6 is 11.7 Å². The second kappa shape index (κ2) is 8.46. The Labute approximate surface area is 183 Å². The average Bonchev–Trinajstić information content (AvgIpc) is 3.20. The van der Waals surface area contributed by atoms with Crippen molar-refractivity contribution >= 4 is 43.7 Å². The van der Waals surface area contributed by atoms with Crippen molar-refractivity contribution in [2.45, 2.75) is 31.7 Å². The van der Waals surface area contributed by atoms with Gasteiger partial charge in [-0.2, -0.15) is 13.1 Å². The number of aryl methyl sites for hydroxylation is 2. The number of sulfonamides is 1. The van der Waals surface area contributed by atoms with Crippen LogP contribution in [-0.4, -0.2) is 44.7 Å². The minimum atomic E-state index is -3.98. The fourth-order valence-corrected chi connectivity index (χ4v) is 5.89. The summed E-state index contributed by atoms with van der Waals surface area (Å²) in [5, 5.41) is 10.2. The molecule has 0 saturated carbocycles. The van der Waals surface area contributed by atoms with E-state index in [4.69, 9.17) is 0 Å². The van der Waals surface area contributed by atoms with Crippen LogP contribution in [0.4, 0.5) is 0 Å². The number of nitrogens with one attached hydrogen (secondary N) is 1. The molecule has 162 valence electrons. The number of aromatic amines is 1. The van der Waals surface area contributed by atoms with Gasteiger partial charge in [0.1, 0.15) is 15.9 Å². The van der Waals surface area contributed by atoms with Crippen LogP contribution in [0.5, 0.6) is 0 Å². The van der Waals surface area contributed by atoms with E-state index >= 15 is 0 Å². The number of hydrogen-bond acceptors (Lipinski definition) is 7. The molecule has 2 N–H and O–H groups in total. The van der Waals surface area contributed by atoms with E-state index in [1.807, 2.05) is 26.0 Å². The van der Waals surface area contributed by atoms with E-state index in [1.54, 1.807) is 18.2 Å². The second-order valence-electron chi connectivity index (χ2n) is 7.47. The van der Waals surface area contributed by atoms with Gasteiger partial charge >= 0.3 is 0 Å². The van der Waals surface area contributed by atoms with E-state index in [-0.39, 0.29) is 36.6 Å². The summed E-state index contributed by atoms with van der Waals surface area (Å²) in [6.45, 7) is 3.69. The van der Waals surface area contributed by atoms with Gasteiger partial charge in [-0.25, -0.2) is 8.42 Å². The minimum absolute atomic E-state index is 0.0423. The molecule has 0 atom stereocenters. The molecule has 8 nitrogen and oxygen atoms in total. The topological polar surface area (TPSA) is 116 Å². The zero-order valence-electron chi connectivity index (χ0n) is 17.1. The lowest BCUT2D eigenvalue weighted by Crippen LogP contribution is -2.34. The third-order valence-corrected chi connectivity index (χ3v) is 7.59. The Bertz CT molecular complexity index is 1430. The van der Waals surface area contributed by atoms with Crippen LogP contribution in [0.15, 0.2) is 46.1 Å². The Hall–Kier alpha value is -2.66. The molecular formula is C21H22N4O4S2. The molecule has 0 fully saturated rings. The van der Waals surface area contributed by atoms with Crippen LogP contribution < -0.4 is 5.56 Å². The smallest absolute Gasteiger partial charge is 0.252 e. The molecule has 2 aromatic carbocycles. The molecule has 4 aromatic rings. The van der Waals surface area contributed by atoms with Gasteiger partial charge < -0.3 is 10.1 Å². The van der Waals surface area contributed by atoms with Crippen LogP contribution in [0.1, 0.15) is 23.1 Å². The predicted octanol–water partition coefficient (Wildman–Crippen LogP) is 2.72. The number of pyridine rings is 1. The highest BCUT2D eigenvalue weighted by Gasteiger charge is 2.28. The number of aliphatic hydroxyl groups excluding tert-OH is 1. The lowest BCUT2D eigenvalue weighted by molar-refractivity contribution is 0.267. The van der Waals surface area contributed by atoms with Crippen molar-refractivity contribution in [2.24, 2.45) is 0 Å². The molecular weight excluding hydrogens is 436 g/mol. The van der Waals surface area contributed by atoms with E-state index in [2.05, 4.69) is 13.7 Å². The maximum atomic E-state index is 13.5. The summed E-state index contributed by atoms with van der Waals surface area (Å²) >= 11 is 0.945. The Morgan fingerprint density at radius 1 is 1.16 bits per heavy atom. The fourth-order valence-electron chi connectivity index (χ4n) is 3.68. The minimum Gasteiger partial charge on any atom is -0.396 e. The zero-order chi connectivity index (χ0) is 22.2. The highest BCUT2D eigenvalue weighted by Crippen LogP contribution is 2.26. The summed E-state index contributed by atoms with van der Waals surface area (Å²) in [6.07, 6.45) is 0.244. The number of hydrogen-bond donors (Lipinski definition) is 2. The summed E-state index contributed by atoms with van der Waals surface area (Å²) in [5.74, 6) is 0. The SMILES string of the molecule is Cc1cc(C)c2cc(CN(CCCO)S(=O)(=O)c3cccc4nsnc34)c(=O)[nH]c2c1. The van der Waals surface area contributed by atoms with Crippen molar-refractivity contribution < 1.29 is 13.5 Å². The summed E-state index contributed by atoms with van der Waals surface area (Å²) in [6, 6.07) is 10.5. The van der Waals surface area contributed by atoms with Crippen molar-refractivity contribution in [3.8, 4) is 0 Å². The standard InChI is InChI=1S/C21H22N4O4S2/c1-13-9-14(2)16-11-15(21(27)22-18(16)10-13)12-25(7-4-8-26)31(28,29)19-6-3-5-17-20(19)24-30-23-17/h3,5-6,9-11,26H,4,7-8,12H2,1-2H3,(H,22,27). The third-order valence-electron chi connectivity index (χ3n) is 5.17. The molecule has 0 spiro atoms. The molecule has 0 unspecified atom stereocenters. The van der Waals surface area contributed by atoms with Gasteiger partial charge in [0.25, 0.3) is 5.56 Å². The molecule has 0 aliphatic carbocycles. The first kappa shape index (κ1) is 21.6. The molecule has 2 aromatic heterocycles. The van der Waals surface area contributed by atoms with E-state index in [0.29, 0.717) is 22.1 Å². The van der Waals surface area contributed by atoms with E-state index in [9.17, 15) is 18.3 Å². The number of aromatic nitrogens is 3. The highest BCUT2D eigenvalue weighted by atomic mass is 32.2. The summed E-state index contributed by atoms with van der Waals surface area (Å²) < 4.78 is 36.5. The van der Waals surface area contributed by atoms with Gasteiger partial charge in [-0.1, -0.05) is 12.1 Å². The van der Waals surface area contributed by atoms with Crippen LogP contribution in [0, 0.1) is 13.8 Å². The summed E-state index contributed by atoms with van der Waals surface area (Å²) in [5.41, 5.74) is 3.55. The maximum Gasteiger partial charge on any atom is 0.252 e. The fraction of sp³-hybridized carbons (Fsp3) is 0.286. The quantitative estimate of drug-likeness (QED) is 0.440. The first-order chi connectivity index (χ1) is 14.8. The largest absolute Gasteiger partial charge is 0.396 e. The van der Waals surface area contributed by atoms with Crippen molar-refractivity contribution in [1.29, 1.82) is 0 Å². The summed E-state index contributed by atoms with van der Waals surface area (Å²) in [7, 11) is -3.98. The molecule has 31 heavy (non-hydrogen) atoms. The number of benzene rings is 2. The molecule has 10 heteroatoms. The second-order valence-corrected chi connectivity index (χ2v) is 9.91. The number of fused-ring (bicyclic) bond motifs is 2. The van der Waals surface area contributed by atoms with Gasteiger partial charge in [0.05, 0.1) is 11.7 Å². The molecule has 0 radical (unpaired) electrons. The van der Waals surface area contributed by atoms with Gasteiger partial charge in [0.15, 0.2) is 0 Å². The first-order valence-corrected chi connectivity index (χ1v) is 11.9. The Balaban J connectivity index is 1.80. The Morgan fingerprint density at radius 3 is 2.74 bits per heavy atom. The van der Waals surface area contributed by atoms with E-state index in [0.717, 1.165) is 28.2 Å². The number of nitrogens with zero attached hydrogens (tertiary/aromatic N) is 3. The van der Waals surface area contributed by atoms with Gasteiger partial charge in [-0.05, 0) is 55.7 Å². The molecule has 0 aliphatic heterocycles. The molecule has 0 bridgehead atoms. The molecule has 0 saturated heterocycles. The van der Waals surface area contributed by atoms with Gasteiger partial charge in [-0.15, -0.1) is 0 Å². The van der Waals surface area contributed by atoms with Crippen LogP contribution in [0.3, 0.4) is 0 Å². The van der Waals surface area contributed by atoms with Gasteiger partial charge in [0, 0.05) is 36.2 Å². The molecule has 0 aliphatic rings. The van der Waals surface area contributed by atoms with Crippen molar-refractivity contribution in [3.63, 3.8) is 0 Å². The molecule has 0 amide bonds. The Kier molecular flexibility index (Phi) is 5.89.